The first-order valence-corrected chi connectivity index (χ1v) is 6.91. The number of aliphatic hydroxyl groups excluding tert-OH is 1. The lowest BCUT2D eigenvalue weighted by molar-refractivity contribution is -0.0549. The third-order valence-electron chi connectivity index (χ3n) is 3.86. The largest absolute Gasteiger partial charge is 0.485 e. The van der Waals surface area contributed by atoms with E-state index in [-0.39, 0.29) is 11.7 Å². The van der Waals surface area contributed by atoms with Gasteiger partial charge >= 0.3 is 0 Å². The highest BCUT2D eigenvalue weighted by atomic mass is 16.5. The Bertz CT molecular complexity index is 491. The number of aliphatic hydroxyl groups is 1. The second-order valence-corrected chi connectivity index (χ2v) is 5.86. The van der Waals surface area contributed by atoms with Gasteiger partial charge in [-0.25, -0.2) is 0 Å². The third-order valence-corrected chi connectivity index (χ3v) is 3.86. The summed E-state index contributed by atoms with van der Waals surface area (Å²) in [5.74, 6) is 0.890. The number of benzene rings is 1. The zero-order valence-electron chi connectivity index (χ0n) is 12.1. The molecule has 3 nitrogen and oxygen atoms in total. The molecule has 3 heteroatoms. The highest BCUT2D eigenvalue weighted by Gasteiger charge is 2.40. The summed E-state index contributed by atoms with van der Waals surface area (Å²) in [5.41, 5.74) is 1.04. The maximum Gasteiger partial charge on any atom is 0.162 e. The fourth-order valence-electron chi connectivity index (χ4n) is 2.66. The van der Waals surface area contributed by atoms with Crippen LogP contribution in [0.15, 0.2) is 18.2 Å². The number of fused-ring (bicyclic) bond motifs is 1. The summed E-state index contributed by atoms with van der Waals surface area (Å²) in [4.78, 5) is 11.9. The van der Waals surface area contributed by atoms with E-state index in [0.29, 0.717) is 12.0 Å². The summed E-state index contributed by atoms with van der Waals surface area (Å²) >= 11 is 0. The van der Waals surface area contributed by atoms with E-state index in [1.807, 2.05) is 45.9 Å². The van der Waals surface area contributed by atoms with Gasteiger partial charge in [0.1, 0.15) is 11.4 Å². The molecule has 0 bridgehead atoms. The number of carbonyl (C=O) groups excluding carboxylic acids is 1. The third kappa shape index (κ3) is 2.52. The normalized spacial score (nSPS) is 24.5. The van der Waals surface area contributed by atoms with Gasteiger partial charge < -0.3 is 9.84 Å². The summed E-state index contributed by atoms with van der Waals surface area (Å²) in [7, 11) is 0. The molecular weight excluding hydrogens is 240 g/mol. The molecule has 1 N–H and O–H groups in total. The van der Waals surface area contributed by atoms with Gasteiger partial charge in [0.15, 0.2) is 5.78 Å². The van der Waals surface area contributed by atoms with Crippen molar-refractivity contribution in [3.8, 4) is 5.75 Å². The van der Waals surface area contributed by atoms with Crippen molar-refractivity contribution in [3.63, 3.8) is 0 Å². The van der Waals surface area contributed by atoms with Gasteiger partial charge in [0.05, 0.1) is 6.10 Å². The zero-order chi connectivity index (χ0) is 14.2. The minimum Gasteiger partial charge on any atom is -0.485 e. The van der Waals surface area contributed by atoms with Crippen LogP contribution < -0.4 is 4.74 Å². The monoisotopic (exact) mass is 262 g/mol. The molecule has 1 aromatic carbocycles. The topological polar surface area (TPSA) is 46.5 Å². The number of rotatable bonds is 3. The lowest BCUT2D eigenvalue weighted by Gasteiger charge is -2.41. The summed E-state index contributed by atoms with van der Waals surface area (Å²) in [5, 5.41) is 10.3. The Morgan fingerprint density at radius 2 is 2.11 bits per heavy atom. The molecule has 0 saturated carbocycles. The smallest absolute Gasteiger partial charge is 0.162 e. The first kappa shape index (κ1) is 14.1. The molecule has 0 spiro atoms. The maximum absolute atomic E-state index is 11.9. The molecule has 0 saturated heterocycles. The highest BCUT2D eigenvalue weighted by molar-refractivity contribution is 5.96. The molecule has 0 amide bonds. The van der Waals surface area contributed by atoms with Gasteiger partial charge in [0.2, 0.25) is 0 Å². The van der Waals surface area contributed by atoms with E-state index >= 15 is 0 Å². The summed E-state index contributed by atoms with van der Waals surface area (Å²) < 4.78 is 5.84. The second-order valence-electron chi connectivity index (χ2n) is 5.86. The zero-order valence-corrected chi connectivity index (χ0v) is 12.1. The number of ketones is 1. The van der Waals surface area contributed by atoms with E-state index < -0.39 is 11.7 Å². The van der Waals surface area contributed by atoms with Gasteiger partial charge in [0.25, 0.3) is 0 Å². The molecule has 1 heterocycles. The predicted octanol–water partition coefficient (Wildman–Crippen LogP) is 3.30. The first-order valence-electron chi connectivity index (χ1n) is 6.91. The van der Waals surface area contributed by atoms with E-state index in [4.69, 9.17) is 4.74 Å². The lowest BCUT2D eigenvalue weighted by atomic mass is 9.82. The van der Waals surface area contributed by atoms with Crippen LogP contribution >= 0.6 is 0 Å². The molecule has 0 fully saturated rings. The van der Waals surface area contributed by atoms with E-state index in [1.54, 1.807) is 0 Å². The van der Waals surface area contributed by atoms with Crippen molar-refractivity contribution in [2.45, 2.75) is 58.2 Å². The Kier molecular flexibility index (Phi) is 3.68. The molecule has 104 valence electrons. The van der Waals surface area contributed by atoms with Crippen LogP contribution in [-0.4, -0.2) is 22.6 Å². The van der Waals surface area contributed by atoms with Crippen LogP contribution in [0.3, 0.4) is 0 Å². The Balaban J connectivity index is 2.39. The van der Waals surface area contributed by atoms with Crippen LogP contribution in [0.25, 0.3) is 0 Å². The van der Waals surface area contributed by atoms with Crippen LogP contribution in [0.4, 0.5) is 0 Å². The summed E-state index contributed by atoms with van der Waals surface area (Å²) in [6.45, 7) is 7.73. The van der Waals surface area contributed by atoms with Crippen molar-refractivity contribution in [1.29, 1.82) is 0 Å². The van der Waals surface area contributed by atoms with Crippen molar-refractivity contribution < 1.29 is 14.6 Å². The van der Waals surface area contributed by atoms with E-state index in [1.165, 1.54) is 0 Å². The van der Waals surface area contributed by atoms with Crippen LogP contribution in [0.1, 0.15) is 62.4 Å². The molecule has 1 aliphatic heterocycles. The predicted molar refractivity (Wildman–Crippen MR) is 74.8 cm³/mol. The lowest BCUT2D eigenvalue weighted by Crippen LogP contribution is -2.48. The molecule has 0 aromatic heterocycles. The summed E-state index contributed by atoms with van der Waals surface area (Å²) in [6.07, 6.45) is 0.830. The highest BCUT2D eigenvalue weighted by Crippen LogP contribution is 2.41. The number of hydrogen-bond acceptors (Lipinski definition) is 3. The molecule has 1 aromatic rings. The van der Waals surface area contributed by atoms with Crippen molar-refractivity contribution in [3.05, 3.63) is 29.3 Å². The number of ether oxygens (including phenoxy) is 1. The van der Waals surface area contributed by atoms with Gasteiger partial charge in [-0.2, -0.15) is 0 Å². The number of Topliss-reactive ketones (excluding diaryl/α,β-unsaturated/α-hetero) is 1. The quantitative estimate of drug-likeness (QED) is 0.850. The minimum absolute atomic E-state index is 0.0341. The van der Waals surface area contributed by atoms with Crippen LogP contribution in [-0.2, 0) is 0 Å². The van der Waals surface area contributed by atoms with Crippen LogP contribution in [0, 0.1) is 0 Å². The Labute approximate surface area is 114 Å². The molecule has 1 aliphatic rings. The Hall–Kier alpha value is -1.35. The van der Waals surface area contributed by atoms with Crippen molar-refractivity contribution in [2.75, 3.05) is 0 Å². The van der Waals surface area contributed by atoms with E-state index in [0.717, 1.165) is 17.7 Å². The maximum atomic E-state index is 11.9. The average molecular weight is 262 g/mol. The fraction of sp³-hybridized carbons (Fsp3) is 0.562. The molecule has 0 aliphatic carbocycles. The first-order chi connectivity index (χ1) is 8.86. The van der Waals surface area contributed by atoms with Gasteiger partial charge in [-0.1, -0.05) is 13.8 Å². The molecule has 0 radical (unpaired) electrons. The number of carbonyl (C=O) groups is 1. The number of hydrogen-bond donors (Lipinski definition) is 1. The van der Waals surface area contributed by atoms with Crippen molar-refractivity contribution in [1.82, 2.24) is 0 Å². The SMILES string of the molecule is CCCC(=O)c1ccc2c(c1)[C@@H](C)[C@H](O)C(C)(C)O2. The standard InChI is InChI=1S/C16H22O3/c1-5-6-13(17)11-7-8-14-12(9-11)10(2)15(18)16(3,4)19-14/h7-10,15,18H,5-6H2,1-4H3/t10-,15+/m1/s1. The van der Waals surface area contributed by atoms with E-state index in [2.05, 4.69) is 0 Å². The molecule has 2 atom stereocenters. The fourth-order valence-corrected chi connectivity index (χ4v) is 2.66. The molecule has 19 heavy (non-hydrogen) atoms. The van der Waals surface area contributed by atoms with Gasteiger partial charge in [-0.3, -0.25) is 4.79 Å². The average Bonchev–Trinajstić information content (AvgIpc) is 2.36. The van der Waals surface area contributed by atoms with Crippen LogP contribution in [0.2, 0.25) is 0 Å². The van der Waals surface area contributed by atoms with Crippen molar-refractivity contribution >= 4 is 5.78 Å². The minimum atomic E-state index is -0.596. The second kappa shape index (κ2) is 4.97. The Morgan fingerprint density at radius 1 is 1.42 bits per heavy atom. The molecule has 0 unspecified atom stereocenters. The van der Waals surface area contributed by atoms with E-state index in [9.17, 15) is 9.90 Å². The van der Waals surface area contributed by atoms with Gasteiger partial charge in [-0.15, -0.1) is 0 Å². The molecular formula is C16H22O3. The van der Waals surface area contributed by atoms with Gasteiger partial charge in [0, 0.05) is 23.5 Å². The summed E-state index contributed by atoms with van der Waals surface area (Å²) in [6, 6.07) is 5.54. The van der Waals surface area contributed by atoms with Gasteiger partial charge in [-0.05, 0) is 38.5 Å². The Morgan fingerprint density at radius 3 is 2.74 bits per heavy atom. The van der Waals surface area contributed by atoms with Crippen molar-refractivity contribution in [2.24, 2.45) is 0 Å². The van der Waals surface area contributed by atoms with Crippen LogP contribution in [0.5, 0.6) is 5.75 Å². The molecule has 2 rings (SSSR count).